The lowest BCUT2D eigenvalue weighted by Gasteiger charge is -2.14. The second-order valence-corrected chi connectivity index (χ2v) is 2.88. The molecule has 0 saturated carbocycles. The van der Waals surface area contributed by atoms with Gasteiger partial charge in [0.2, 0.25) is 0 Å². The first-order valence-corrected chi connectivity index (χ1v) is 3.61. The second-order valence-electron chi connectivity index (χ2n) is 2.88. The van der Waals surface area contributed by atoms with E-state index in [9.17, 15) is 0 Å². The maximum absolute atomic E-state index is 8.61. The molecule has 0 aromatic carbocycles. The van der Waals surface area contributed by atoms with Crippen LogP contribution >= 0.6 is 0 Å². The number of hydrogen-bond donors (Lipinski definition) is 1. The zero-order valence-electron chi connectivity index (χ0n) is 7.17. The van der Waals surface area contributed by atoms with Crippen molar-refractivity contribution in [2.45, 2.75) is 6.42 Å². The third kappa shape index (κ3) is 6.01. The summed E-state index contributed by atoms with van der Waals surface area (Å²) in [5, 5.41) is 8.61. The average Bonchev–Trinajstić information content (AvgIpc) is 1.87. The van der Waals surface area contributed by atoms with Crippen molar-refractivity contribution in [1.29, 1.82) is 0 Å². The predicted octanol–water partition coefficient (Wildman–Crippen LogP) is -0.180. The molecule has 0 aromatic rings. The van der Waals surface area contributed by atoms with E-state index in [4.69, 9.17) is 5.11 Å². The van der Waals surface area contributed by atoms with Crippen LogP contribution in [0.3, 0.4) is 0 Å². The van der Waals surface area contributed by atoms with Gasteiger partial charge in [0.05, 0.1) is 6.73 Å². The number of rotatable bonds is 5. The van der Waals surface area contributed by atoms with Crippen molar-refractivity contribution in [1.82, 2.24) is 9.80 Å². The fourth-order valence-electron chi connectivity index (χ4n) is 0.728. The van der Waals surface area contributed by atoms with Crippen molar-refractivity contribution in [2.75, 3.05) is 41.0 Å². The molecule has 62 valence electrons. The molecular formula is C7H18N2O. The minimum absolute atomic E-state index is 0.160. The number of hydrogen-bond acceptors (Lipinski definition) is 3. The topological polar surface area (TPSA) is 26.7 Å². The molecule has 0 aliphatic heterocycles. The van der Waals surface area contributed by atoms with Gasteiger partial charge in [0.25, 0.3) is 0 Å². The predicted molar refractivity (Wildman–Crippen MR) is 42.9 cm³/mol. The molecule has 0 amide bonds. The average molecular weight is 146 g/mol. The van der Waals surface area contributed by atoms with Crippen LogP contribution in [0.4, 0.5) is 0 Å². The Labute approximate surface area is 63.2 Å². The van der Waals surface area contributed by atoms with Gasteiger partial charge in [-0.2, -0.15) is 0 Å². The fourth-order valence-corrected chi connectivity index (χ4v) is 0.728. The van der Waals surface area contributed by atoms with Gasteiger partial charge in [-0.05, 0) is 34.1 Å². The highest BCUT2D eigenvalue weighted by Gasteiger charge is 1.94. The summed E-state index contributed by atoms with van der Waals surface area (Å²) < 4.78 is 0. The third-order valence-electron chi connectivity index (χ3n) is 1.39. The summed E-state index contributed by atoms with van der Waals surface area (Å²) in [6.45, 7) is 2.21. The molecule has 0 atom stereocenters. The van der Waals surface area contributed by atoms with Gasteiger partial charge in [-0.15, -0.1) is 0 Å². The third-order valence-corrected chi connectivity index (χ3v) is 1.39. The first kappa shape index (κ1) is 9.88. The molecular weight excluding hydrogens is 128 g/mol. The van der Waals surface area contributed by atoms with Crippen LogP contribution in [0.5, 0.6) is 0 Å². The van der Waals surface area contributed by atoms with Gasteiger partial charge in [0.15, 0.2) is 0 Å². The monoisotopic (exact) mass is 146 g/mol. The zero-order chi connectivity index (χ0) is 7.98. The molecule has 0 radical (unpaired) electrons. The Balaban J connectivity index is 3.03. The molecule has 0 aliphatic carbocycles. The molecule has 0 aromatic heterocycles. The Morgan fingerprint density at radius 2 is 1.70 bits per heavy atom. The summed E-state index contributed by atoms with van der Waals surface area (Å²) in [6.07, 6.45) is 1.12. The van der Waals surface area contributed by atoms with Gasteiger partial charge >= 0.3 is 0 Å². The number of nitrogens with zero attached hydrogens (tertiary/aromatic N) is 2. The molecule has 0 rings (SSSR count). The smallest absolute Gasteiger partial charge is 0.0954 e. The van der Waals surface area contributed by atoms with E-state index in [2.05, 4.69) is 19.0 Å². The number of aliphatic hydroxyl groups is 1. The summed E-state index contributed by atoms with van der Waals surface area (Å²) in [6, 6.07) is 0. The zero-order valence-corrected chi connectivity index (χ0v) is 7.17. The van der Waals surface area contributed by atoms with Gasteiger partial charge in [-0.25, -0.2) is 0 Å². The van der Waals surface area contributed by atoms with Gasteiger partial charge in [-0.1, -0.05) is 0 Å². The lowest BCUT2D eigenvalue weighted by molar-refractivity contribution is 0.129. The second kappa shape index (κ2) is 5.65. The largest absolute Gasteiger partial charge is 0.381 e. The van der Waals surface area contributed by atoms with Gasteiger partial charge in [0.1, 0.15) is 0 Å². The highest BCUT2D eigenvalue weighted by molar-refractivity contribution is 4.48. The van der Waals surface area contributed by atoms with E-state index in [0.717, 1.165) is 19.5 Å². The van der Waals surface area contributed by atoms with Crippen LogP contribution in [0.2, 0.25) is 0 Å². The van der Waals surface area contributed by atoms with Crippen LogP contribution in [0.15, 0.2) is 0 Å². The van der Waals surface area contributed by atoms with Crippen molar-refractivity contribution in [3.05, 3.63) is 0 Å². The molecule has 0 saturated heterocycles. The summed E-state index contributed by atoms with van der Waals surface area (Å²) in [7, 11) is 6.02. The Hall–Kier alpha value is -0.120. The molecule has 0 fully saturated rings. The van der Waals surface area contributed by atoms with E-state index in [-0.39, 0.29) is 6.73 Å². The first-order valence-electron chi connectivity index (χ1n) is 3.61. The highest BCUT2D eigenvalue weighted by Crippen LogP contribution is 1.86. The van der Waals surface area contributed by atoms with Crippen molar-refractivity contribution in [3.63, 3.8) is 0 Å². The molecule has 0 aliphatic rings. The van der Waals surface area contributed by atoms with Crippen LogP contribution < -0.4 is 0 Å². The lowest BCUT2D eigenvalue weighted by Crippen LogP contribution is -2.24. The SMILES string of the molecule is CN(C)CCCN(C)CO. The van der Waals surface area contributed by atoms with Crippen LogP contribution in [0.1, 0.15) is 6.42 Å². The van der Waals surface area contributed by atoms with E-state index in [1.165, 1.54) is 0 Å². The first-order chi connectivity index (χ1) is 4.66. The summed E-state index contributed by atoms with van der Waals surface area (Å²) in [5.74, 6) is 0. The van der Waals surface area contributed by atoms with Crippen LogP contribution in [-0.4, -0.2) is 55.9 Å². The minimum atomic E-state index is 0.160. The minimum Gasteiger partial charge on any atom is -0.381 e. The summed E-state index contributed by atoms with van der Waals surface area (Å²) >= 11 is 0. The van der Waals surface area contributed by atoms with Crippen LogP contribution in [-0.2, 0) is 0 Å². The van der Waals surface area contributed by atoms with Gasteiger partial charge in [-0.3, -0.25) is 4.90 Å². The Bertz CT molecular complexity index is 76.0. The molecule has 10 heavy (non-hydrogen) atoms. The molecule has 3 heteroatoms. The van der Waals surface area contributed by atoms with E-state index >= 15 is 0 Å². The summed E-state index contributed by atoms with van der Waals surface area (Å²) in [5.41, 5.74) is 0. The van der Waals surface area contributed by atoms with Crippen LogP contribution in [0, 0.1) is 0 Å². The lowest BCUT2D eigenvalue weighted by atomic mass is 10.4. The maximum atomic E-state index is 8.61. The van der Waals surface area contributed by atoms with Crippen molar-refractivity contribution in [2.24, 2.45) is 0 Å². The molecule has 3 nitrogen and oxygen atoms in total. The maximum Gasteiger partial charge on any atom is 0.0954 e. The number of aliphatic hydroxyl groups excluding tert-OH is 1. The van der Waals surface area contributed by atoms with E-state index in [1.807, 2.05) is 11.9 Å². The Morgan fingerprint density at radius 1 is 1.10 bits per heavy atom. The van der Waals surface area contributed by atoms with E-state index < -0.39 is 0 Å². The summed E-state index contributed by atoms with van der Waals surface area (Å²) in [4.78, 5) is 4.04. The standard InChI is InChI=1S/C7H18N2O/c1-8(2)5-4-6-9(3)7-10/h10H,4-7H2,1-3H3. The molecule has 0 heterocycles. The Morgan fingerprint density at radius 3 is 2.10 bits per heavy atom. The molecule has 0 unspecified atom stereocenters. The van der Waals surface area contributed by atoms with Gasteiger partial charge in [0, 0.05) is 6.54 Å². The normalized spacial score (nSPS) is 11.4. The highest BCUT2D eigenvalue weighted by atomic mass is 16.3. The van der Waals surface area contributed by atoms with Gasteiger partial charge < -0.3 is 10.0 Å². The van der Waals surface area contributed by atoms with Crippen molar-refractivity contribution in [3.8, 4) is 0 Å². The fraction of sp³-hybridized carbons (Fsp3) is 1.00. The molecule has 1 N–H and O–H groups in total. The molecule has 0 spiro atoms. The van der Waals surface area contributed by atoms with Crippen LogP contribution in [0.25, 0.3) is 0 Å². The quantitative estimate of drug-likeness (QED) is 0.545. The van der Waals surface area contributed by atoms with Crippen molar-refractivity contribution >= 4 is 0 Å². The van der Waals surface area contributed by atoms with Crippen molar-refractivity contribution < 1.29 is 5.11 Å². The van der Waals surface area contributed by atoms with E-state index in [0.29, 0.717) is 0 Å². The van der Waals surface area contributed by atoms with E-state index in [1.54, 1.807) is 0 Å². The Kier molecular flexibility index (Phi) is 5.58. The molecule has 0 bridgehead atoms.